The van der Waals surface area contributed by atoms with Crippen LogP contribution in [0.4, 0.5) is 20.1 Å². The van der Waals surface area contributed by atoms with E-state index in [0.29, 0.717) is 0 Å². The van der Waals surface area contributed by atoms with Crippen molar-refractivity contribution in [2.45, 2.75) is 0 Å². The first-order valence-electron chi connectivity index (χ1n) is 4.46. The van der Waals surface area contributed by atoms with E-state index in [-0.39, 0.29) is 0 Å². The van der Waals surface area contributed by atoms with Gasteiger partial charge in [0.2, 0.25) is 5.75 Å². The lowest BCUT2D eigenvalue weighted by Crippen LogP contribution is -2.12. The Balaban J connectivity index is 3.26. The van der Waals surface area contributed by atoms with Gasteiger partial charge in [-0.15, -0.1) is 0 Å². The van der Waals surface area contributed by atoms with E-state index in [4.69, 9.17) is 21.1 Å². The Bertz CT molecular complexity index is 539. The smallest absolute Gasteiger partial charge is 0.449 e. The van der Waals surface area contributed by atoms with Crippen LogP contribution in [0, 0.1) is 0 Å². The molecule has 0 saturated heterocycles. The minimum atomic E-state index is -1.80. The molecule has 0 aliphatic heterocycles. The number of nitrogens with two attached hydrogens (primary N) is 1. The summed E-state index contributed by atoms with van der Waals surface area (Å²) >= 11 is 0. The van der Waals surface area contributed by atoms with Gasteiger partial charge in [0.1, 0.15) is 5.69 Å². The van der Waals surface area contributed by atoms with E-state index >= 15 is 0 Å². The minimum absolute atomic E-state index is 0.429. The van der Waals surface area contributed by atoms with Crippen LogP contribution in [0.25, 0.3) is 0 Å². The Morgan fingerprint density at radius 1 is 0.842 bits per heavy atom. The maximum atomic E-state index is 10.5. The van der Waals surface area contributed by atoms with E-state index in [1.807, 2.05) is 0 Å². The minimum Gasteiger partial charge on any atom is -0.449 e. The van der Waals surface area contributed by atoms with Crippen molar-refractivity contribution in [2.75, 3.05) is 5.73 Å². The number of rotatable bonds is 3. The van der Waals surface area contributed by atoms with Gasteiger partial charge in [-0.05, 0) is 12.1 Å². The lowest BCUT2D eigenvalue weighted by atomic mass is 10.2. The van der Waals surface area contributed by atoms with Crippen LogP contribution < -0.4 is 19.9 Å². The van der Waals surface area contributed by atoms with E-state index in [9.17, 15) is 14.4 Å². The maximum absolute atomic E-state index is 10.5. The third-order valence-electron chi connectivity index (χ3n) is 1.70. The summed E-state index contributed by atoms with van der Waals surface area (Å²) in [5.74, 6) is -1.64. The van der Waals surface area contributed by atoms with Crippen molar-refractivity contribution in [2.24, 2.45) is 0 Å². The largest absolute Gasteiger partial charge is 0.511 e. The highest BCUT2D eigenvalue weighted by atomic mass is 16.7. The molecule has 5 N–H and O–H groups in total. The Labute approximate surface area is 104 Å². The molecule has 0 heterocycles. The molecule has 10 heteroatoms. The molecule has 0 aliphatic carbocycles. The number of hydrogen-bond donors (Lipinski definition) is 4. The average molecular weight is 273 g/mol. The predicted octanol–water partition coefficient (Wildman–Crippen LogP) is 1.44. The Kier molecular flexibility index (Phi) is 3.98. The highest BCUT2D eigenvalue weighted by Crippen LogP contribution is 2.40. The average Bonchev–Trinajstić information content (AvgIpc) is 2.26. The molecule has 19 heavy (non-hydrogen) atoms. The first-order valence-corrected chi connectivity index (χ1v) is 4.46. The molecule has 1 rings (SSSR count). The van der Waals surface area contributed by atoms with Crippen LogP contribution in [0.3, 0.4) is 0 Å². The second-order valence-corrected chi connectivity index (χ2v) is 2.91. The monoisotopic (exact) mass is 273 g/mol. The van der Waals surface area contributed by atoms with Gasteiger partial charge in [-0.3, -0.25) is 0 Å². The lowest BCUT2D eigenvalue weighted by molar-refractivity contribution is 0.132. The molecule has 1 aromatic rings. The lowest BCUT2D eigenvalue weighted by Gasteiger charge is -2.11. The third kappa shape index (κ3) is 3.66. The van der Waals surface area contributed by atoms with Crippen LogP contribution in [-0.4, -0.2) is 33.8 Å². The molecule has 0 aromatic heterocycles. The molecule has 0 aliphatic rings. The van der Waals surface area contributed by atoms with Gasteiger partial charge in [0.25, 0.3) is 0 Å². The fourth-order valence-corrected chi connectivity index (χ4v) is 1.11. The zero-order valence-electron chi connectivity index (χ0n) is 9.02. The molecule has 1 aromatic carbocycles. The van der Waals surface area contributed by atoms with E-state index in [2.05, 4.69) is 14.2 Å². The van der Waals surface area contributed by atoms with Crippen LogP contribution >= 0.6 is 0 Å². The second kappa shape index (κ2) is 5.44. The number of anilines is 1. The molecule has 102 valence electrons. The normalized spacial score (nSPS) is 9.47. The van der Waals surface area contributed by atoms with Gasteiger partial charge in [0.05, 0.1) is 0 Å². The molecule has 0 unspecified atom stereocenters. The maximum Gasteiger partial charge on any atom is 0.511 e. The summed E-state index contributed by atoms with van der Waals surface area (Å²) in [6.07, 6.45) is -5.23. The van der Waals surface area contributed by atoms with Crippen LogP contribution in [0.1, 0.15) is 0 Å². The van der Waals surface area contributed by atoms with Gasteiger partial charge in [0.15, 0.2) is 11.5 Å². The van der Waals surface area contributed by atoms with Crippen LogP contribution in [0.2, 0.25) is 0 Å². The number of hydrogen-bond acceptors (Lipinski definition) is 7. The summed E-state index contributed by atoms with van der Waals surface area (Å²) in [6, 6.07) is 1.91. The Morgan fingerprint density at radius 3 is 1.74 bits per heavy atom. The molecule has 0 atom stereocenters. The summed E-state index contributed by atoms with van der Waals surface area (Å²) in [5.41, 5.74) is 4.87. The quantitative estimate of drug-likeness (QED) is 0.359. The van der Waals surface area contributed by atoms with Crippen molar-refractivity contribution in [1.29, 1.82) is 0 Å². The molecule has 10 nitrogen and oxygen atoms in total. The summed E-state index contributed by atoms with van der Waals surface area (Å²) in [6.45, 7) is 0. The number of carboxylic acid groups (broad SMARTS) is 3. The number of nitrogen functional groups attached to an aromatic ring is 1. The molecule has 0 saturated carbocycles. The summed E-state index contributed by atoms with van der Waals surface area (Å²) in [7, 11) is 0. The number of carbonyl (C=O) groups is 3. The van der Waals surface area contributed by atoms with E-state index < -0.39 is 41.4 Å². The van der Waals surface area contributed by atoms with E-state index in [1.54, 1.807) is 0 Å². The van der Waals surface area contributed by atoms with Gasteiger partial charge in [0, 0.05) is 0 Å². The summed E-state index contributed by atoms with van der Waals surface area (Å²) in [5, 5.41) is 25.3. The molecular formula is C9H7NO9. The highest BCUT2D eigenvalue weighted by molar-refractivity contribution is 5.78. The first-order chi connectivity index (χ1) is 8.81. The van der Waals surface area contributed by atoms with E-state index in [0.717, 1.165) is 12.1 Å². The molecular weight excluding hydrogens is 266 g/mol. The van der Waals surface area contributed by atoms with Crippen molar-refractivity contribution in [3.63, 3.8) is 0 Å². The van der Waals surface area contributed by atoms with Gasteiger partial charge < -0.3 is 35.3 Å². The molecule has 0 radical (unpaired) electrons. The fraction of sp³-hybridized carbons (Fsp3) is 0. The van der Waals surface area contributed by atoms with Crippen molar-refractivity contribution in [1.82, 2.24) is 0 Å². The van der Waals surface area contributed by atoms with Crippen LogP contribution in [-0.2, 0) is 0 Å². The van der Waals surface area contributed by atoms with Gasteiger partial charge in [-0.25, -0.2) is 14.4 Å². The SMILES string of the molecule is Nc1c(OC(=O)O)ccc(OC(=O)O)c1OC(=O)O. The van der Waals surface area contributed by atoms with Crippen molar-refractivity contribution in [3.05, 3.63) is 12.1 Å². The molecule has 0 spiro atoms. The van der Waals surface area contributed by atoms with Gasteiger partial charge in [-0.2, -0.15) is 0 Å². The van der Waals surface area contributed by atoms with Crippen molar-refractivity contribution in [3.8, 4) is 17.2 Å². The molecule has 0 amide bonds. The van der Waals surface area contributed by atoms with Crippen LogP contribution in [0.15, 0.2) is 12.1 Å². The zero-order valence-corrected chi connectivity index (χ0v) is 9.02. The number of benzene rings is 1. The van der Waals surface area contributed by atoms with Gasteiger partial charge in [-0.1, -0.05) is 0 Å². The van der Waals surface area contributed by atoms with Crippen molar-refractivity contribution < 1.29 is 43.9 Å². The first kappa shape index (κ1) is 13.9. The fourth-order valence-electron chi connectivity index (χ4n) is 1.11. The Hall–Kier alpha value is -3.17. The highest BCUT2D eigenvalue weighted by Gasteiger charge is 2.20. The summed E-state index contributed by atoms with van der Waals surface area (Å²) in [4.78, 5) is 31.2. The Morgan fingerprint density at radius 2 is 1.26 bits per heavy atom. The molecule has 0 fully saturated rings. The van der Waals surface area contributed by atoms with Crippen LogP contribution in [0.5, 0.6) is 17.2 Å². The zero-order chi connectivity index (χ0) is 14.6. The molecule has 0 bridgehead atoms. The number of ether oxygens (including phenoxy) is 3. The standard InChI is InChI=1S/C9H7NO9/c10-5-3(17-7(11)12)1-2-4(18-8(13)14)6(5)19-9(15)16/h1-2H,10H2,(H,11,12)(H,13,14)(H,15,16). The predicted molar refractivity (Wildman–Crippen MR) is 56.8 cm³/mol. The topological polar surface area (TPSA) is 166 Å². The summed E-state index contributed by atoms with van der Waals surface area (Å²) < 4.78 is 12.7. The second-order valence-electron chi connectivity index (χ2n) is 2.91. The third-order valence-corrected chi connectivity index (χ3v) is 1.70. The van der Waals surface area contributed by atoms with Gasteiger partial charge >= 0.3 is 18.5 Å². The van der Waals surface area contributed by atoms with E-state index in [1.165, 1.54) is 0 Å². The van der Waals surface area contributed by atoms with Crippen molar-refractivity contribution >= 4 is 24.2 Å².